The first-order chi connectivity index (χ1) is 21.8. The summed E-state index contributed by atoms with van der Waals surface area (Å²) in [6, 6.07) is 26.6. The van der Waals surface area contributed by atoms with E-state index in [2.05, 4.69) is 4.90 Å². The highest BCUT2D eigenvalue weighted by molar-refractivity contribution is 6.05. The van der Waals surface area contributed by atoms with Gasteiger partial charge in [0.2, 0.25) is 0 Å². The van der Waals surface area contributed by atoms with Gasteiger partial charge in [-0.05, 0) is 60.5 Å². The second kappa shape index (κ2) is 12.7. The first-order valence-corrected chi connectivity index (χ1v) is 14.6. The summed E-state index contributed by atoms with van der Waals surface area (Å²) < 4.78 is 39.8. The molecule has 0 unspecified atom stereocenters. The van der Waals surface area contributed by atoms with Crippen molar-refractivity contribution in [3.8, 4) is 17.2 Å². The van der Waals surface area contributed by atoms with Crippen molar-refractivity contribution >= 4 is 28.5 Å². The number of hydrogen-bond donors (Lipinski definition) is 0. The van der Waals surface area contributed by atoms with Crippen LogP contribution in [-0.2, 0) is 22.6 Å². The van der Waals surface area contributed by atoms with Crippen LogP contribution < -0.4 is 19.1 Å². The van der Waals surface area contributed by atoms with Crippen LogP contribution in [0.15, 0.2) is 91.0 Å². The zero-order chi connectivity index (χ0) is 31.5. The number of aromatic nitrogens is 1. The Labute approximate surface area is 260 Å². The Morgan fingerprint density at radius 3 is 2.49 bits per heavy atom. The molecule has 0 spiro atoms. The maximum Gasteiger partial charge on any atom is 0.310 e. The highest BCUT2D eigenvalue weighted by atomic mass is 19.1. The lowest BCUT2D eigenvalue weighted by Crippen LogP contribution is -2.41. The van der Waals surface area contributed by atoms with Crippen LogP contribution in [0, 0.1) is 12.7 Å². The number of nitrogens with zero attached hydrogens (tertiary/aromatic N) is 2. The van der Waals surface area contributed by atoms with Gasteiger partial charge in [-0.1, -0.05) is 42.5 Å². The third kappa shape index (κ3) is 6.20. The standard InChI is InChI=1S/C36H33FN2O6/c1-23-29(19-35(40)44-21-24-9-5-4-6-10-24)30-17-25(42-3)14-16-32(30)39(23)36(41)28-15-13-26(18-31(28)37)43-22-27-20-38(2)33-11-7-8-12-34(33)45-27/h4-18,27H,19-22H2,1-3H3/t27-/m0/s1. The van der Waals surface area contributed by atoms with Gasteiger partial charge >= 0.3 is 5.97 Å². The van der Waals surface area contributed by atoms with Crippen LogP contribution in [0.4, 0.5) is 10.1 Å². The molecule has 4 aromatic carbocycles. The molecule has 0 saturated carbocycles. The second-order valence-electron chi connectivity index (χ2n) is 11.0. The first kappa shape index (κ1) is 29.7. The molecule has 0 bridgehead atoms. The molecule has 1 aliphatic heterocycles. The number of fused-ring (bicyclic) bond motifs is 2. The number of carbonyl (C=O) groups excluding carboxylic acids is 2. The van der Waals surface area contributed by atoms with Crippen molar-refractivity contribution < 1.29 is 32.9 Å². The molecule has 1 aliphatic rings. The molecule has 45 heavy (non-hydrogen) atoms. The summed E-state index contributed by atoms with van der Waals surface area (Å²) in [7, 11) is 3.52. The molecule has 5 aromatic rings. The average molecular weight is 609 g/mol. The molecule has 0 radical (unpaired) electrons. The maximum atomic E-state index is 15.5. The minimum absolute atomic E-state index is 0.0687. The highest BCUT2D eigenvalue weighted by Gasteiger charge is 2.26. The lowest BCUT2D eigenvalue weighted by molar-refractivity contribution is -0.144. The summed E-state index contributed by atoms with van der Waals surface area (Å²) in [6.07, 6.45) is -0.321. The van der Waals surface area contributed by atoms with Crippen molar-refractivity contribution in [1.29, 1.82) is 0 Å². The molecule has 6 rings (SSSR count). The van der Waals surface area contributed by atoms with Gasteiger partial charge in [-0.25, -0.2) is 4.39 Å². The number of methoxy groups -OCH3 is 1. The molecule has 0 aliphatic carbocycles. The Morgan fingerprint density at radius 2 is 1.71 bits per heavy atom. The molecule has 0 fully saturated rings. The lowest BCUT2D eigenvalue weighted by Gasteiger charge is -2.33. The van der Waals surface area contributed by atoms with Crippen molar-refractivity contribution in [2.24, 2.45) is 0 Å². The Hall–Kier alpha value is -5.31. The van der Waals surface area contributed by atoms with Crippen LogP contribution in [0.2, 0.25) is 0 Å². The minimum Gasteiger partial charge on any atom is -0.497 e. The number of esters is 1. The largest absolute Gasteiger partial charge is 0.497 e. The third-order valence-electron chi connectivity index (χ3n) is 7.96. The molecule has 0 saturated heterocycles. The molecule has 8 nitrogen and oxygen atoms in total. The summed E-state index contributed by atoms with van der Waals surface area (Å²) in [5, 5.41) is 0.649. The maximum absolute atomic E-state index is 15.5. The van der Waals surface area contributed by atoms with Gasteiger partial charge in [0.1, 0.15) is 42.4 Å². The van der Waals surface area contributed by atoms with E-state index in [1.54, 1.807) is 38.3 Å². The molecular formula is C36H33FN2O6. The zero-order valence-electron chi connectivity index (χ0n) is 25.3. The molecular weight excluding hydrogens is 575 g/mol. The molecule has 9 heteroatoms. The number of likely N-dealkylation sites (N-methyl/N-ethyl adjacent to an activating group) is 1. The third-order valence-corrected chi connectivity index (χ3v) is 7.96. The van der Waals surface area contributed by atoms with Crippen molar-refractivity contribution in [2.45, 2.75) is 26.1 Å². The number of anilines is 1. The fraction of sp³-hybridized carbons (Fsp3) is 0.222. The number of hydrogen-bond acceptors (Lipinski definition) is 7. The number of benzene rings is 4. The van der Waals surface area contributed by atoms with Crippen LogP contribution in [0.3, 0.4) is 0 Å². The van der Waals surface area contributed by atoms with E-state index in [1.165, 1.54) is 16.7 Å². The van der Waals surface area contributed by atoms with E-state index in [9.17, 15) is 9.59 Å². The normalized spacial score (nSPS) is 14.0. The fourth-order valence-corrected chi connectivity index (χ4v) is 5.66. The minimum atomic E-state index is -0.719. The van der Waals surface area contributed by atoms with Gasteiger partial charge in [-0.3, -0.25) is 14.2 Å². The molecule has 1 aromatic heterocycles. The quantitative estimate of drug-likeness (QED) is 0.181. The average Bonchev–Trinajstić information content (AvgIpc) is 3.32. The number of carbonyl (C=O) groups is 2. The van der Waals surface area contributed by atoms with E-state index in [-0.39, 0.29) is 37.1 Å². The molecule has 0 N–H and O–H groups in total. The van der Waals surface area contributed by atoms with Crippen LogP contribution in [0.1, 0.15) is 27.2 Å². The Balaban J connectivity index is 1.21. The van der Waals surface area contributed by atoms with Gasteiger partial charge in [0.15, 0.2) is 0 Å². The number of halogens is 1. The van der Waals surface area contributed by atoms with E-state index in [0.29, 0.717) is 34.5 Å². The van der Waals surface area contributed by atoms with E-state index in [0.717, 1.165) is 17.0 Å². The van der Waals surface area contributed by atoms with Gasteiger partial charge in [0.25, 0.3) is 5.91 Å². The summed E-state index contributed by atoms with van der Waals surface area (Å²) in [5.74, 6) is -0.110. The van der Waals surface area contributed by atoms with Gasteiger partial charge in [0, 0.05) is 24.2 Å². The SMILES string of the molecule is COc1ccc2c(c1)c(CC(=O)OCc1ccccc1)c(C)n2C(=O)c1ccc(OC[C@@H]2CN(C)c3ccccc3O2)cc1F. The predicted octanol–water partition coefficient (Wildman–Crippen LogP) is 6.35. The Kier molecular flexibility index (Phi) is 8.42. The smallest absolute Gasteiger partial charge is 0.310 e. The van der Waals surface area contributed by atoms with Crippen LogP contribution in [0.25, 0.3) is 10.9 Å². The van der Waals surface area contributed by atoms with Crippen LogP contribution >= 0.6 is 0 Å². The zero-order valence-corrected chi connectivity index (χ0v) is 25.3. The molecule has 1 atom stereocenters. The Morgan fingerprint density at radius 1 is 0.956 bits per heavy atom. The fourth-order valence-electron chi connectivity index (χ4n) is 5.66. The number of para-hydroxylation sites is 2. The van der Waals surface area contributed by atoms with Gasteiger partial charge in [-0.15, -0.1) is 0 Å². The van der Waals surface area contributed by atoms with Crippen molar-refractivity contribution in [3.63, 3.8) is 0 Å². The summed E-state index contributed by atoms with van der Waals surface area (Å²) in [4.78, 5) is 28.8. The van der Waals surface area contributed by atoms with E-state index >= 15 is 4.39 Å². The molecule has 2 heterocycles. The topological polar surface area (TPSA) is 79.2 Å². The van der Waals surface area contributed by atoms with Crippen LogP contribution in [0.5, 0.6) is 17.2 Å². The lowest BCUT2D eigenvalue weighted by atomic mass is 10.1. The number of rotatable bonds is 9. The first-order valence-electron chi connectivity index (χ1n) is 14.6. The highest BCUT2D eigenvalue weighted by Crippen LogP contribution is 2.33. The molecule has 0 amide bonds. The summed E-state index contributed by atoms with van der Waals surface area (Å²) >= 11 is 0. The van der Waals surface area contributed by atoms with Gasteiger partial charge in [0.05, 0.1) is 36.8 Å². The van der Waals surface area contributed by atoms with E-state index in [1.807, 2.05) is 61.6 Å². The summed E-state index contributed by atoms with van der Waals surface area (Å²) in [5.41, 5.74) is 3.39. The molecule has 230 valence electrons. The van der Waals surface area contributed by atoms with Crippen molar-refractivity contribution in [3.05, 3.63) is 119 Å². The summed E-state index contributed by atoms with van der Waals surface area (Å²) in [6.45, 7) is 2.69. The van der Waals surface area contributed by atoms with Crippen molar-refractivity contribution in [2.75, 3.05) is 32.2 Å². The Bertz CT molecular complexity index is 1870. The van der Waals surface area contributed by atoms with E-state index in [4.69, 9.17) is 18.9 Å². The predicted molar refractivity (Wildman–Crippen MR) is 169 cm³/mol. The van der Waals surface area contributed by atoms with E-state index < -0.39 is 17.7 Å². The second-order valence-corrected chi connectivity index (χ2v) is 11.0. The van der Waals surface area contributed by atoms with Crippen LogP contribution in [-0.4, -0.2) is 49.9 Å². The van der Waals surface area contributed by atoms with Gasteiger partial charge < -0.3 is 23.8 Å². The van der Waals surface area contributed by atoms with Gasteiger partial charge in [-0.2, -0.15) is 0 Å². The monoisotopic (exact) mass is 608 g/mol. The van der Waals surface area contributed by atoms with Crippen molar-refractivity contribution in [1.82, 2.24) is 4.57 Å². The number of ether oxygens (including phenoxy) is 4.